The molecular weight excluding hydrogens is 250 g/mol. The standard InChI is InChI=1S/C12H17N3O4/c1-12(2,3)19-11(18)13-6-4-5-8-7-9(16)14-15-10(8)17/h4-5,7H,6H2,1-3H3,(H,13,18)(H,14,16)(H,15,17). The molecule has 0 fully saturated rings. The fourth-order valence-electron chi connectivity index (χ4n) is 1.20. The number of aromatic amines is 2. The van der Waals surface area contributed by atoms with Crippen LogP contribution in [0.25, 0.3) is 6.08 Å². The molecule has 0 unspecified atom stereocenters. The number of amides is 1. The molecule has 1 amide bonds. The molecule has 7 nitrogen and oxygen atoms in total. The number of carbonyl (C=O) groups excluding carboxylic acids is 1. The van der Waals surface area contributed by atoms with Crippen molar-refractivity contribution < 1.29 is 9.53 Å². The largest absolute Gasteiger partial charge is 0.444 e. The fourth-order valence-corrected chi connectivity index (χ4v) is 1.20. The first-order valence-electron chi connectivity index (χ1n) is 5.73. The molecule has 0 aliphatic rings. The first kappa shape index (κ1) is 14.7. The van der Waals surface area contributed by atoms with Crippen LogP contribution in [0.4, 0.5) is 4.79 Å². The lowest BCUT2D eigenvalue weighted by molar-refractivity contribution is 0.0534. The van der Waals surface area contributed by atoms with Crippen molar-refractivity contribution in [3.05, 3.63) is 38.4 Å². The number of alkyl carbamates (subject to hydrolysis) is 1. The summed E-state index contributed by atoms with van der Waals surface area (Å²) in [5.74, 6) is 0. The highest BCUT2D eigenvalue weighted by molar-refractivity contribution is 5.68. The van der Waals surface area contributed by atoms with Gasteiger partial charge in [0.2, 0.25) is 0 Å². The normalized spacial score (nSPS) is 11.5. The van der Waals surface area contributed by atoms with E-state index in [1.165, 1.54) is 12.1 Å². The average molecular weight is 267 g/mol. The number of hydrogen-bond donors (Lipinski definition) is 3. The predicted molar refractivity (Wildman–Crippen MR) is 71.0 cm³/mol. The van der Waals surface area contributed by atoms with Crippen molar-refractivity contribution in [3.63, 3.8) is 0 Å². The van der Waals surface area contributed by atoms with Crippen molar-refractivity contribution in [2.24, 2.45) is 0 Å². The van der Waals surface area contributed by atoms with Crippen molar-refractivity contribution in [1.29, 1.82) is 0 Å². The summed E-state index contributed by atoms with van der Waals surface area (Å²) in [6, 6.07) is 1.17. The molecule has 7 heteroatoms. The number of ether oxygens (including phenoxy) is 1. The third-order valence-electron chi connectivity index (χ3n) is 1.91. The third kappa shape index (κ3) is 5.71. The van der Waals surface area contributed by atoms with Crippen LogP contribution < -0.4 is 16.4 Å². The van der Waals surface area contributed by atoms with Gasteiger partial charge in [-0.15, -0.1) is 0 Å². The summed E-state index contributed by atoms with van der Waals surface area (Å²) in [6.45, 7) is 5.48. The van der Waals surface area contributed by atoms with E-state index < -0.39 is 22.8 Å². The molecule has 0 aliphatic heterocycles. The smallest absolute Gasteiger partial charge is 0.407 e. The van der Waals surface area contributed by atoms with Gasteiger partial charge in [0.25, 0.3) is 11.1 Å². The maximum Gasteiger partial charge on any atom is 0.407 e. The fraction of sp³-hybridized carbons (Fsp3) is 0.417. The molecule has 104 valence electrons. The molecule has 0 aliphatic carbocycles. The predicted octanol–water partition coefficient (Wildman–Crippen LogP) is 0.601. The van der Waals surface area contributed by atoms with Gasteiger partial charge < -0.3 is 10.1 Å². The molecule has 0 saturated carbocycles. The monoisotopic (exact) mass is 267 g/mol. The van der Waals surface area contributed by atoms with Crippen LogP contribution in [0, 0.1) is 0 Å². The molecule has 1 aromatic heterocycles. The van der Waals surface area contributed by atoms with Crippen LogP contribution in [0.2, 0.25) is 0 Å². The zero-order chi connectivity index (χ0) is 14.5. The molecule has 0 aromatic carbocycles. The van der Waals surface area contributed by atoms with E-state index in [-0.39, 0.29) is 12.1 Å². The molecule has 0 radical (unpaired) electrons. The van der Waals surface area contributed by atoms with E-state index in [9.17, 15) is 14.4 Å². The average Bonchev–Trinajstić information content (AvgIpc) is 2.26. The quantitative estimate of drug-likeness (QED) is 0.746. The molecule has 1 heterocycles. The van der Waals surface area contributed by atoms with Crippen LogP contribution in [-0.2, 0) is 4.74 Å². The van der Waals surface area contributed by atoms with Crippen LogP contribution in [0.5, 0.6) is 0 Å². The van der Waals surface area contributed by atoms with Crippen molar-refractivity contribution >= 4 is 12.2 Å². The number of carbonyl (C=O) groups is 1. The van der Waals surface area contributed by atoms with Gasteiger partial charge in [-0.1, -0.05) is 12.2 Å². The summed E-state index contributed by atoms with van der Waals surface area (Å²) in [7, 11) is 0. The number of H-pyrrole nitrogens is 2. The second-order valence-corrected chi connectivity index (χ2v) is 4.83. The molecule has 3 N–H and O–H groups in total. The van der Waals surface area contributed by atoms with E-state index in [0.29, 0.717) is 0 Å². The van der Waals surface area contributed by atoms with Crippen LogP contribution in [0.3, 0.4) is 0 Å². The van der Waals surface area contributed by atoms with Crippen molar-refractivity contribution in [3.8, 4) is 0 Å². The second-order valence-electron chi connectivity index (χ2n) is 4.83. The first-order valence-corrected chi connectivity index (χ1v) is 5.73. The van der Waals surface area contributed by atoms with E-state index in [1.54, 1.807) is 26.8 Å². The Bertz CT molecular complexity index is 578. The van der Waals surface area contributed by atoms with Crippen molar-refractivity contribution in [2.75, 3.05) is 6.54 Å². The van der Waals surface area contributed by atoms with Crippen LogP contribution in [-0.4, -0.2) is 28.4 Å². The van der Waals surface area contributed by atoms with E-state index in [0.717, 1.165) is 0 Å². The molecule has 0 saturated heterocycles. The summed E-state index contributed by atoms with van der Waals surface area (Å²) < 4.78 is 5.03. The lowest BCUT2D eigenvalue weighted by Gasteiger charge is -2.19. The zero-order valence-corrected chi connectivity index (χ0v) is 11.1. The highest BCUT2D eigenvalue weighted by Crippen LogP contribution is 2.06. The Hall–Kier alpha value is -2.31. The maximum atomic E-state index is 11.3. The van der Waals surface area contributed by atoms with Gasteiger partial charge in [-0.3, -0.25) is 19.8 Å². The highest BCUT2D eigenvalue weighted by Gasteiger charge is 2.14. The van der Waals surface area contributed by atoms with Crippen molar-refractivity contribution in [2.45, 2.75) is 26.4 Å². The number of aromatic nitrogens is 2. The van der Waals surface area contributed by atoms with Gasteiger partial charge in [0, 0.05) is 18.2 Å². The first-order chi connectivity index (χ1) is 8.78. The van der Waals surface area contributed by atoms with Gasteiger partial charge in [0.05, 0.1) is 0 Å². The van der Waals surface area contributed by atoms with E-state index >= 15 is 0 Å². The molecule has 1 aromatic rings. The van der Waals surface area contributed by atoms with Crippen molar-refractivity contribution in [1.82, 2.24) is 15.5 Å². The van der Waals surface area contributed by atoms with Gasteiger partial charge in [-0.25, -0.2) is 4.79 Å². The maximum absolute atomic E-state index is 11.3. The Morgan fingerprint density at radius 3 is 2.68 bits per heavy atom. The lowest BCUT2D eigenvalue weighted by atomic mass is 10.2. The number of rotatable bonds is 3. The molecule has 0 spiro atoms. The SMILES string of the molecule is CC(C)(C)OC(=O)NCC=Cc1cc(=O)[nH][nH]c1=O. The van der Waals surface area contributed by atoms with Crippen LogP contribution in [0.15, 0.2) is 21.7 Å². The van der Waals surface area contributed by atoms with Gasteiger partial charge >= 0.3 is 6.09 Å². The zero-order valence-electron chi connectivity index (χ0n) is 11.1. The summed E-state index contributed by atoms with van der Waals surface area (Å²) in [5.41, 5.74) is -1.15. The summed E-state index contributed by atoms with van der Waals surface area (Å²) in [6.07, 6.45) is 2.45. The van der Waals surface area contributed by atoms with Gasteiger partial charge in [-0.05, 0) is 20.8 Å². The Kier molecular flexibility index (Phi) is 4.68. The summed E-state index contributed by atoms with van der Waals surface area (Å²) in [4.78, 5) is 33.6. The molecule has 19 heavy (non-hydrogen) atoms. The number of nitrogens with one attached hydrogen (secondary N) is 3. The van der Waals surface area contributed by atoms with Crippen LogP contribution in [0.1, 0.15) is 26.3 Å². The third-order valence-corrected chi connectivity index (χ3v) is 1.91. The van der Waals surface area contributed by atoms with E-state index in [4.69, 9.17) is 4.74 Å². The minimum atomic E-state index is -0.558. The molecule has 0 bridgehead atoms. The van der Waals surface area contributed by atoms with E-state index in [1.807, 2.05) is 0 Å². The highest BCUT2D eigenvalue weighted by atomic mass is 16.6. The van der Waals surface area contributed by atoms with Gasteiger partial charge in [0.15, 0.2) is 0 Å². The molecule has 1 rings (SSSR count). The second kappa shape index (κ2) is 6.03. The Balaban J connectivity index is 2.51. The number of hydrogen-bond acceptors (Lipinski definition) is 4. The molecular formula is C12H17N3O4. The minimum absolute atomic E-state index is 0.196. The molecule has 0 atom stereocenters. The summed E-state index contributed by atoms with van der Waals surface area (Å²) in [5, 5.41) is 6.85. The Morgan fingerprint density at radius 2 is 2.05 bits per heavy atom. The minimum Gasteiger partial charge on any atom is -0.444 e. The Morgan fingerprint density at radius 1 is 1.37 bits per heavy atom. The summed E-state index contributed by atoms with van der Waals surface area (Å²) >= 11 is 0. The van der Waals surface area contributed by atoms with Gasteiger partial charge in [-0.2, -0.15) is 0 Å². The van der Waals surface area contributed by atoms with E-state index in [2.05, 4.69) is 15.5 Å². The van der Waals surface area contributed by atoms with Gasteiger partial charge in [0.1, 0.15) is 5.60 Å². The Labute approximate surface area is 109 Å². The van der Waals surface area contributed by atoms with Crippen LogP contribution >= 0.6 is 0 Å². The lowest BCUT2D eigenvalue weighted by Crippen LogP contribution is -2.32. The topological polar surface area (TPSA) is 104 Å².